The first-order valence-electron chi connectivity index (χ1n) is 6.56. The van der Waals surface area contributed by atoms with Gasteiger partial charge < -0.3 is 14.8 Å². The summed E-state index contributed by atoms with van der Waals surface area (Å²) in [5.74, 6) is 1.04. The molecule has 0 aliphatic carbocycles. The van der Waals surface area contributed by atoms with Crippen molar-refractivity contribution in [3.8, 4) is 11.5 Å². The molecule has 0 radical (unpaired) electrons. The van der Waals surface area contributed by atoms with Crippen LogP contribution in [0.1, 0.15) is 5.56 Å². The first kappa shape index (κ1) is 15.7. The van der Waals surface area contributed by atoms with E-state index in [4.69, 9.17) is 21.7 Å². The highest BCUT2D eigenvalue weighted by molar-refractivity contribution is 9.10. The molecule has 8 heteroatoms. The van der Waals surface area contributed by atoms with E-state index in [0.29, 0.717) is 22.3 Å². The average molecular weight is 396 g/mol. The van der Waals surface area contributed by atoms with E-state index in [0.717, 1.165) is 10.0 Å². The highest BCUT2D eigenvalue weighted by Gasteiger charge is 2.17. The summed E-state index contributed by atoms with van der Waals surface area (Å²) in [5, 5.41) is 7.25. The third kappa shape index (κ3) is 3.96. The minimum Gasteiger partial charge on any atom is -0.454 e. The van der Waals surface area contributed by atoms with Crippen LogP contribution in [0.15, 0.2) is 46.0 Å². The zero-order valence-electron chi connectivity index (χ0n) is 11.7. The van der Waals surface area contributed by atoms with E-state index in [1.165, 1.54) is 12.1 Å². The van der Waals surface area contributed by atoms with Crippen molar-refractivity contribution in [3.05, 3.63) is 52.3 Å². The second-order valence-electron chi connectivity index (χ2n) is 4.57. The van der Waals surface area contributed by atoms with Gasteiger partial charge in [-0.25, -0.2) is 4.39 Å². The Balaban J connectivity index is 1.59. The molecular formula is C15H11BrFN3O2S. The van der Waals surface area contributed by atoms with E-state index in [2.05, 4.69) is 31.8 Å². The van der Waals surface area contributed by atoms with Gasteiger partial charge in [0.2, 0.25) is 6.79 Å². The predicted octanol–water partition coefficient (Wildman–Crippen LogP) is 3.64. The number of nitrogens with zero attached hydrogens (tertiary/aromatic N) is 1. The topological polar surface area (TPSA) is 54.9 Å². The number of hydrazone groups is 1. The molecular weight excluding hydrogens is 385 g/mol. The molecule has 2 N–H and O–H groups in total. The maximum absolute atomic E-state index is 12.8. The first-order valence-corrected chi connectivity index (χ1v) is 7.77. The summed E-state index contributed by atoms with van der Waals surface area (Å²) in [5.41, 5.74) is 4.18. The normalized spacial score (nSPS) is 12.4. The smallest absolute Gasteiger partial charge is 0.231 e. The van der Waals surface area contributed by atoms with Crippen molar-refractivity contribution in [2.75, 3.05) is 12.1 Å². The summed E-state index contributed by atoms with van der Waals surface area (Å²) in [4.78, 5) is 0. The molecule has 0 saturated carbocycles. The fourth-order valence-electron chi connectivity index (χ4n) is 1.92. The van der Waals surface area contributed by atoms with Crippen molar-refractivity contribution in [1.82, 2.24) is 5.43 Å². The van der Waals surface area contributed by atoms with Crippen LogP contribution in [0.4, 0.5) is 10.1 Å². The van der Waals surface area contributed by atoms with Crippen molar-refractivity contribution in [2.24, 2.45) is 5.10 Å². The minimum atomic E-state index is -0.305. The molecule has 0 unspecified atom stereocenters. The lowest BCUT2D eigenvalue weighted by atomic mass is 10.2. The molecule has 0 saturated heterocycles. The summed E-state index contributed by atoms with van der Waals surface area (Å²) in [6.07, 6.45) is 1.60. The second kappa shape index (κ2) is 6.93. The van der Waals surface area contributed by atoms with Crippen molar-refractivity contribution in [3.63, 3.8) is 0 Å². The van der Waals surface area contributed by atoms with Crippen molar-refractivity contribution in [2.45, 2.75) is 0 Å². The summed E-state index contributed by atoms with van der Waals surface area (Å²) in [6, 6.07) is 9.53. The van der Waals surface area contributed by atoms with Crippen molar-refractivity contribution < 1.29 is 13.9 Å². The Morgan fingerprint density at radius 3 is 2.83 bits per heavy atom. The summed E-state index contributed by atoms with van der Waals surface area (Å²) >= 11 is 8.52. The van der Waals surface area contributed by atoms with Gasteiger partial charge in [0.25, 0.3) is 0 Å². The maximum Gasteiger partial charge on any atom is 0.231 e. The number of nitrogens with one attached hydrogen (secondary N) is 2. The molecule has 5 nitrogen and oxygen atoms in total. The Kier molecular flexibility index (Phi) is 4.73. The van der Waals surface area contributed by atoms with Gasteiger partial charge in [-0.3, -0.25) is 5.43 Å². The average Bonchev–Trinajstić information content (AvgIpc) is 2.99. The van der Waals surface area contributed by atoms with E-state index < -0.39 is 0 Å². The molecule has 3 rings (SSSR count). The van der Waals surface area contributed by atoms with Crippen LogP contribution in [0, 0.1) is 5.82 Å². The minimum absolute atomic E-state index is 0.207. The number of fused-ring (bicyclic) bond motifs is 1. The molecule has 0 bridgehead atoms. The second-order valence-corrected chi connectivity index (χ2v) is 5.83. The van der Waals surface area contributed by atoms with Crippen LogP contribution in [-0.2, 0) is 0 Å². The molecule has 0 atom stereocenters. The molecule has 1 aliphatic heterocycles. The number of hydrogen-bond donors (Lipinski definition) is 2. The Bertz CT molecular complexity index is 768. The third-order valence-corrected chi connectivity index (χ3v) is 3.71. The summed E-state index contributed by atoms with van der Waals surface area (Å²) in [6.45, 7) is 0.207. The van der Waals surface area contributed by atoms with Gasteiger partial charge in [-0.05, 0) is 70.1 Å². The molecule has 2 aromatic rings. The van der Waals surface area contributed by atoms with E-state index in [9.17, 15) is 4.39 Å². The Morgan fingerprint density at radius 1 is 1.26 bits per heavy atom. The van der Waals surface area contributed by atoms with Gasteiger partial charge >= 0.3 is 0 Å². The van der Waals surface area contributed by atoms with Gasteiger partial charge in [0, 0.05) is 5.69 Å². The van der Waals surface area contributed by atoms with Crippen LogP contribution in [0.3, 0.4) is 0 Å². The number of benzene rings is 2. The lowest BCUT2D eigenvalue weighted by molar-refractivity contribution is 0.173. The van der Waals surface area contributed by atoms with E-state index >= 15 is 0 Å². The highest BCUT2D eigenvalue weighted by atomic mass is 79.9. The molecule has 0 aromatic heterocycles. The SMILES string of the molecule is Fc1ccc(NC(=S)N/N=C\c2cc(Br)c3c(c2)OCO3)cc1. The van der Waals surface area contributed by atoms with Gasteiger partial charge in [0.05, 0.1) is 10.7 Å². The van der Waals surface area contributed by atoms with Gasteiger partial charge in [-0.1, -0.05) is 0 Å². The van der Waals surface area contributed by atoms with Crippen LogP contribution in [0.25, 0.3) is 0 Å². The van der Waals surface area contributed by atoms with Crippen LogP contribution in [-0.4, -0.2) is 18.1 Å². The quantitative estimate of drug-likeness (QED) is 0.472. The van der Waals surface area contributed by atoms with E-state index in [1.54, 1.807) is 18.3 Å². The first-order chi connectivity index (χ1) is 11.1. The van der Waals surface area contributed by atoms with Crippen LogP contribution in [0.2, 0.25) is 0 Å². The standard InChI is InChI=1S/C15H11BrFN3O2S/c16-12-5-9(6-13-14(12)22-8-21-13)7-18-20-15(23)19-11-3-1-10(17)2-4-11/h1-7H,8H2,(H2,19,20,23)/b18-7-. The summed E-state index contributed by atoms with van der Waals surface area (Å²) in [7, 11) is 0. The van der Waals surface area contributed by atoms with Crippen LogP contribution < -0.4 is 20.2 Å². The maximum atomic E-state index is 12.8. The third-order valence-electron chi connectivity index (χ3n) is 2.93. The predicted molar refractivity (Wildman–Crippen MR) is 93.6 cm³/mol. The van der Waals surface area contributed by atoms with Crippen molar-refractivity contribution >= 4 is 45.2 Å². The lowest BCUT2D eigenvalue weighted by Crippen LogP contribution is -2.23. The van der Waals surface area contributed by atoms with Gasteiger partial charge in [-0.15, -0.1) is 0 Å². The Labute approximate surface area is 145 Å². The fraction of sp³-hybridized carbons (Fsp3) is 0.0667. The fourth-order valence-corrected chi connectivity index (χ4v) is 2.66. The largest absolute Gasteiger partial charge is 0.454 e. The molecule has 2 aromatic carbocycles. The number of ether oxygens (including phenoxy) is 2. The molecule has 1 heterocycles. The lowest BCUT2D eigenvalue weighted by Gasteiger charge is -2.06. The molecule has 0 fully saturated rings. The number of thiocarbonyl (C=S) groups is 1. The Morgan fingerprint density at radius 2 is 2.04 bits per heavy atom. The zero-order valence-corrected chi connectivity index (χ0v) is 14.1. The molecule has 1 aliphatic rings. The zero-order chi connectivity index (χ0) is 16.2. The van der Waals surface area contributed by atoms with E-state index in [1.807, 2.05) is 12.1 Å². The molecule has 0 spiro atoms. The monoisotopic (exact) mass is 395 g/mol. The van der Waals surface area contributed by atoms with Gasteiger partial charge in [-0.2, -0.15) is 5.10 Å². The van der Waals surface area contributed by atoms with Gasteiger partial charge in [0.1, 0.15) is 5.82 Å². The highest BCUT2D eigenvalue weighted by Crippen LogP contribution is 2.39. The molecule has 23 heavy (non-hydrogen) atoms. The Hall–Kier alpha value is -2.19. The van der Waals surface area contributed by atoms with E-state index in [-0.39, 0.29) is 12.6 Å². The number of hydrogen-bond acceptors (Lipinski definition) is 4. The van der Waals surface area contributed by atoms with Crippen LogP contribution >= 0.6 is 28.1 Å². The van der Waals surface area contributed by atoms with Crippen molar-refractivity contribution in [1.29, 1.82) is 0 Å². The van der Waals surface area contributed by atoms with Crippen LogP contribution in [0.5, 0.6) is 11.5 Å². The number of halogens is 2. The number of anilines is 1. The number of rotatable bonds is 3. The molecule has 118 valence electrons. The van der Waals surface area contributed by atoms with Gasteiger partial charge in [0.15, 0.2) is 16.6 Å². The molecule has 0 amide bonds. The summed E-state index contributed by atoms with van der Waals surface area (Å²) < 4.78 is 24.3.